The van der Waals surface area contributed by atoms with Crippen LogP contribution in [0.3, 0.4) is 0 Å². The van der Waals surface area contributed by atoms with E-state index in [1.165, 1.54) is 17.4 Å². The molecule has 1 aliphatic rings. The minimum Gasteiger partial charge on any atom is -0.489 e. The molecule has 7 heteroatoms. The van der Waals surface area contributed by atoms with Gasteiger partial charge in [-0.1, -0.05) is 18.2 Å². The smallest absolute Gasteiger partial charge is 0.258 e. The minimum absolute atomic E-state index is 0.0642. The molecule has 1 saturated carbocycles. The lowest BCUT2D eigenvalue weighted by Gasteiger charge is -2.14. The number of nitrogens with zero attached hydrogens (tertiary/aromatic N) is 3. The zero-order chi connectivity index (χ0) is 17.4. The molecule has 1 aromatic carbocycles. The molecule has 25 heavy (non-hydrogen) atoms. The maximum Gasteiger partial charge on any atom is 0.258 e. The highest BCUT2D eigenvalue weighted by Crippen LogP contribution is 2.35. The third-order valence-corrected chi connectivity index (χ3v) is 4.69. The lowest BCUT2D eigenvalue weighted by Crippen LogP contribution is -2.17. The average Bonchev–Trinajstić information content (AvgIpc) is 3.47. The number of aromatic nitrogens is 3. The number of fused-ring (bicyclic) bond motifs is 1. The van der Waals surface area contributed by atoms with Crippen molar-refractivity contribution < 1.29 is 9.29 Å². The second-order valence-corrected chi connectivity index (χ2v) is 6.76. The van der Waals surface area contributed by atoms with Gasteiger partial charge in [-0.25, -0.2) is 9.97 Å². The van der Waals surface area contributed by atoms with E-state index in [-0.39, 0.29) is 10.7 Å². The van der Waals surface area contributed by atoms with Crippen LogP contribution in [0, 0.1) is 5.92 Å². The summed E-state index contributed by atoms with van der Waals surface area (Å²) in [6, 6.07) is 7.42. The molecule has 0 atom stereocenters. The van der Waals surface area contributed by atoms with E-state index in [2.05, 4.69) is 9.97 Å². The summed E-state index contributed by atoms with van der Waals surface area (Å²) in [5, 5.41) is 1.66. The van der Waals surface area contributed by atoms with E-state index in [1.54, 1.807) is 25.5 Å². The predicted molar refractivity (Wildman–Crippen MR) is 96.9 cm³/mol. The van der Waals surface area contributed by atoms with Gasteiger partial charge >= 0.3 is 0 Å². The molecule has 3 aromatic rings. The molecular weight excluding hydrogens is 338 g/mol. The summed E-state index contributed by atoms with van der Waals surface area (Å²) >= 11 is 0.490. The van der Waals surface area contributed by atoms with Crippen molar-refractivity contribution in [1.82, 2.24) is 14.5 Å². The molecule has 1 aliphatic carbocycles. The quantitative estimate of drug-likeness (QED) is 0.559. The Kier molecular flexibility index (Phi) is 4.19. The van der Waals surface area contributed by atoms with Crippen LogP contribution >= 0.6 is 12.0 Å². The van der Waals surface area contributed by atoms with Gasteiger partial charge in [-0.05, 0) is 30.2 Å². The first kappa shape index (κ1) is 16.1. The van der Waals surface area contributed by atoms with E-state index >= 15 is 0 Å². The summed E-state index contributed by atoms with van der Waals surface area (Å²) in [6.07, 6.45) is 5.71. The van der Waals surface area contributed by atoms with Crippen molar-refractivity contribution in [3.8, 4) is 17.0 Å². The lowest BCUT2D eigenvalue weighted by atomic mass is 10.0. The monoisotopic (exact) mass is 355 g/mol. The molecule has 0 bridgehead atoms. The van der Waals surface area contributed by atoms with Crippen molar-refractivity contribution in [1.29, 1.82) is 0 Å². The molecule has 0 aliphatic heterocycles. The number of hydrogen-bond donors (Lipinski definition) is 1. The summed E-state index contributed by atoms with van der Waals surface area (Å²) in [4.78, 5) is 21.0. The van der Waals surface area contributed by atoms with Crippen molar-refractivity contribution in [3.05, 3.63) is 47.0 Å². The fourth-order valence-corrected chi connectivity index (χ4v) is 3.03. The van der Waals surface area contributed by atoms with Crippen LogP contribution in [0.4, 0.5) is 0 Å². The largest absolute Gasteiger partial charge is 0.489 e. The Morgan fingerprint density at radius 3 is 2.80 bits per heavy atom. The van der Waals surface area contributed by atoms with E-state index in [9.17, 15) is 9.35 Å². The molecule has 1 fully saturated rings. The molecule has 0 unspecified atom stereocenters. The number of benzene rings is 1. The Balaban J connectivity index is 1.92. The van der Waals surface area contributed by atoms with Gasteiger partial charge in [0, 0.05) is 24.2 Å². The SMILES string of the molecule is Cn1cc(-c2nc(SO)ncc2OCC2CC2)c2ccccc2c1=O. The first-order valence-corrected chi connectivity index (χ1v) is 8.84. The van der Waals surface area contributed by atoms with Crippen LogP contribution in [0.25, 0.3) is 22.0 Å². The summed E-state index contributed by atoms with van der Waals surface area (Å²) in [5.41, 5.74) is 1.30. The molecule has 1 N–H and O–H groups in total. The number of pyridine rings is 1. The topological polar surface area (TPSA) is 77.2 Å². The second kappa shape index (κ2) is 6.50. The van der Waals surface area contributed by atoms with Gasteiger partial charge in [0.2, 0.25) is 5.16 Å². The summed E-state index contributed by atoms with van der Waals surface area (Å²) in [5.74, 6) is 1.16. The Labute approximate surface area is 148 Å². The van der Waals surface area contributed by atoms with Gasteiger partial charge < -0.3 is 13.9 Å². The lowest BCUT2D eigenvalue weighted by molar-refractivity contribution is 0.298. The summed E-state index contributed by atoms with van der Waals surface area (Å²) < 4.78 is 16.8. The van der Waals surface area contributed by atoms with Gasteiger partial charge in [0.05, 0.1) is 24.8 Å². The highest BCUT2D eigenvalue weighted by molar-refractivity contribution is 7.93. The Morgan fingerprint density at radius 2 is 2.08 bits per heavy atom. The Morgan fingerprint density at radius 1 is 1.32 bits per heavy atom. The maximum atomic E-state index is 12.4. The first-order chi connectivity index (χ1) is 12.2. The Bertz CT molecular complexity index is 999. The molecule has 4 rings (SSSR count). The predicted octanol–water partition coefficient (Wildman–Crippen LogP) is 3.35. The summed E-state index contributed by atoms with van der Waals surface area (Å²) in [7, 11) is 1.71. The standard InChI is InChI=1S/C18H17N3O3S/c1-21-9-14(12-4-2-3-5-13(12)17(21)22)16-15(24-10-11-6-7-11)8-19-18(20-16)25-23/h2-5,8-9,11,23H,6-7,10H2,1H3. The normalized spacial score (nSPS) is 14.0. The third kappa shape index (κ3) is 3.12. The molecule has 128 valence electrons. The first-order valence-electron chi connectivity index (χ1n) is 8.07. The van der Waals surface area contributed by atoms with E-state index in [0.29, 0.717) is 41.4 Å². The maximum absolute atomic E-state index is 12.4. The van der Waals surface area contributed by atoms with E-state index in [1.807, 2.05) is 18.2 Å². The van der Waals surface area contributed by atoms with Gasteiger partial charge in [-0.15, -0.1) is 0 Å². The Hall–Kier alpha value is -2.38. The molecule has 0 amide bonds. The molecule has 0 spiro atoms. The number of aryl methyl sites for hydroxylation is 1. The van der Waals surface area contributed by atoms with E-state index in [0.717, 1.165) is 10.9 Å². The van der Waals surface area contributed by atoms with Crippen LogP contribution in [0.1, 0.15) is 12.8 Å². The highest BCUT2D eigenvalue weighted by Gasteiger charge is 2.23. The fraction of sp³-hybridized carbons (Fsp3) is 0.278. The van der Waals surface area contributed by atoms with Crippen molar-refractivity contribution in [2.45, 2.75) is 18.0 Å². The van der Waals surface area contributed by atoms with Gasteiger partial charge in [-0.3, -0.25) is 4.79 Å². The molecule has 2 aromatic heterocycles. The van der Waals surface area contributed by atoms with Crippen molar-refractivity contribution in [2.75, 3.05) is 6.61 Å². The van der Waals surface area contributed by atoms with Crippen LogP contribution in [-0.4, -0.2) is 25.7 Å². The zero-order valence-corrected chi connectivity index (χ0v) is 14.5. The fourth-order valence-electron chi connectivity index (χ4n) is 2.79. The third-order valence-electron chi connectivity index (χ3n) is 4.33. The van der Waals surface area contributed by atoms with Crippen molar-refractivity contribution in [2.24, 2.45) is 13.0 Å². The van der Waals surface area contributed by atoms with E-state index in [4.69, 9.17) is 4.74 Å². The van der Waals surface area contributed by atoms with Gasteiger partial charge in [0.15, 0.2) is 5.75 Å². The molecular formula is C18H17N3O3S. The molecule has 2 heterocycles. The minimum atomic E-state index is -0.0642. The van der Waals surface area contributed by atoms with Crippen LogP contribution in [-0.2, 0) is 7.05 Å². The van der Waals surface area contributed by atoms with Gasteiger partial charge in [-0.2, -0.15) is 0 Å². The van der Waals surface area contributed by atoms with Crippen LogP contribution in [0.15, 0.2) is 46.6 Å². The van der Waals surface area contributed by atoms with Crippen molar-refractivity contribution >= 4 is 22.8 Å². The van der Waals surface area contributed by atoms with Crippen molar-refractivity contribution in [3.63, 3.8) is 0 Å². The van der Waals surface area contributed by atoms with Gasteiger partial charge in [0.1, 0.15) is 5.69 Å². The second-order valence-electron chi connectivity index (χ2n) is 6.22. The number of rotatable bonds is 5. The number of ether oxygens (including phenoxy) is 1. The summed E-state index contributed by atoms with van der Waals surface area (Å²) in [6.45, 7) is 0.631. The molecule has 0 saturated heterocycles. The molecule has 0 radical (unpaired) electrons. The average molecular weight is 355 g/mol. The van der Waals surface area contributed by atoms with Crippen LogP contribution in [0.5, 0.6) is 5.75 Å². The highest BCUT2D eigenvalue weighted by atomic mass is 32.2. The number of hydrogen-bond acceptors (Lipinski definition) is 6. The molecule has 6 nitrogen and oxygen atoms in total. The van der Waals surface area contributed by atoms with Gasteiger partial charge in [0.25, 0.3) is 5.56 Å². The van der Waals surface area contributed by atoms with Crippen LogP contribution in [0.2, 0.25) is 0 Å². The zero-order valence-electron chi connectivity index (χ0n) is 13.7. The van der Waals surface area contributed by atoms with E-state index < -0.39 is 0 Å². The van der Waals surface area contributed by atoms with Crippen LogP contribution < -0.4 is 10.3 Å².